The summed E-state index contributed by atoms with van der Waals surface area (Å²) in [6, 6.07) is 23.7. The zero-order valence-electron chi connectivity index (χ0n) is 23.7. The largest absolute Gasteiger partial charge is 0.454 e. The number of aromatic nitrogens is 1. The summed E-state index contributed by atoms with van der Waals surface area (Å²) in [4.78, 5) is 0. The first-order valence-electron chi connectivity index (χ1n) is 13.4. The molecule has 0 fully saturated rings. The van der Waals surface area contributed by atoms with Crippen LogP contribution in [0, 0.1) is 23.7 Å². The van der Waals surface area contributed by atoms with Crippen molar-refractivity contribution in [3.05, 3.63) is 89.1 Å². The van der Waals surface area contributed by atoms with Crippen molar-refractivity contribution in [2.45, 2.75) is 59.3 Å². The molecule has 0 aliphatic heterocycles. The fourth-order valence-electron chi connectivity index (χ4n) is 6.85. The number of hydrogen-bond acceptors (Lipinski definition) is 2. The molecule has 1 aliphatic carbocycles. The van der Waals surface area contributed by atoms with Gasteiger partial charge < -0.3 is 4.42 Å². The average Bonchev–Trinajstić information content (AvgIpc) is 3.30. The Morgan fingerprint density at radius 1 is 0.763 bits per heavy atom. The maximum absolute atomic E-state index is 10.3. The molecule has 38 heavy (non-hydrogen) atoms. The van der Waals surface area contributed by atoms with Crippen LogP contribution in [-0.2, 0) is 17.9 Å². The number of nitrogens with zero attached hydrogens (tertiary/aromatic N) is 2. The Kier molecular flexibility index (Phi) is 5.02. The molecule has 6 rings (SSSR count). The highest BCUT2D eigenvalue weighted by atomic mass is 16.3. The molecule has 3 nitrogen and oxygen atoms in total. The molecule has 0 saturated carbocycles. The zero-order chi connectivity index (χ0) is 27.2. The fourth-order valence-corrected chi connectivity index (χ4v) is 6.85. The SMILES string of the molecule is Cc1ccc2c(oc3c(-c4cccc5c4C(C)(C)C(C)(C)C5(C)C)c(C#N)ccc32)c1-c1cccc[n+]1C. The Hall–Kier alpha value is -3.90. The Labute approximate surface area is 225 Å². The number of benzene rings is 3. The van der Waals surface area contributed by atoms with Crippen molar-refractivity contribution in [3.63, 3.8) is 0 Å². The van der Waals surface area contributed by atoms with Gasteiger partial charge in [0.25, 0.3) is 0 Å². The third kappa shape index (κ3) is 2.92. The van der Waals surface area contributed by atoms with Gasteiger partial charge >= 0.3 is 0 Å². The molecule has 0 bridgehead atoms. The van der Waals surface area contributed by atoms with Gasteiger partial charge in [-0.2, -0.15) is 5.26 Å². The molecule has 0 radical (unpaired) electrons. The van der Waals surface area contributed by atoms with E-state index in [-0.39, 0.29) is 16.2 Å². The summed E-state index contributed by atoms with van der Waals surface area (Å²) in [5.74, 6) is 0. The topological polar surface area (TPSA) is 40.8 Å². The summed E-state index contributed by atoms with van der Waals surface area (Å²) in [5.41, 5.74) is 10.2. The Morgan fingerprint density at radius 3 is 2.13 bits per heavy atom. The number of rotatable bonds is 2. The molecular weight excluding hydrogens is 464 g/mol. The van der Waals surface area contributed by atoms with Crippen molar-refractivity contribution < 1.29 is 8.98 Å². The van der Waals surface area contributed by atoms with E-state index in [4.69, 9.17) is 4.42 Å². The summed E-state index contributed by atoms with van der Waals surface area (Å²) in [5, 5.41) is 12.4. The average molecular weight is 500 g/mol. The smallest absolute Gasteiger partial charge is 0.216 e. The van der Waals surface area contributed by atoms with E-state index in [0.717, 1.165) is 49.9 Å². The second-order valence-corrected chi connectivity index (χ2v) is 12.5. The maximum atomic E-state index is 10.3. The predicted molar refractivity (Wildman–Crippen MR) is 155 cm³/mol. The molecule has 0 saturated heterocycles. The van der Waals surface area contributed by atoms with E-state index in [0.29, 0.717) is 5.56 Å². The number of furan rings is 1. The molecule has 190 valence electrons. The van der Waals surface area contributed by atoms with Crippen LogP contribution >= 0.6 is 0 Å². The minimum atomic E-state index is -0.108. The molecule has 3 heteroatoms. The van der Waals surface area contributed by atoms with Gasteiger partial charge in [0.2, 0.25) is 5.69 Å². The maximum Gasteiger partial charge on any atom is 0.216 e. The van der Waals surface area contributed by atoms with Gasteiger partial charge in [-0.3, -0.25) is 0 Å². The standard InChI is InChI=1S/C35H35N2O/c1-21-15-17-23-24-18-16-22(20-36)29(32(24)38-31(23)28(21)27-14-9-10-19-37(27)8)25-12-11-13-26-30(25)34(4,5)35(6,7)33(26,2)3/h9-19H,1-8H3/q+1. The Bertz CT molecular complexity index is 1830. The molecule has 5 aromatic rings. The molecule has 0 atom stereocenters. The van der Waals surface area contributed by atoms with Crippen LogP contribution in [0.4, 0.5) is 0 Å². The lowest BCUT2D eigenvalue weighted by Gasteiger charge is -2.44. The van der Waals surface area contributed by atoms with Crippen LogP contribution in [0.3, 0.4) is 0 Å². The third-order valence-corrected chi connectivity index (χ3v) is 10.2. The van der Waals surface area contributed by atoms with Crippen molar-refractivity contribution in [3.8, 4) is 28.5 Å². The monoisotopic (exact) mass is 499 g/mol. The predicted octanol–water partition coefficient (Wildman–Crippen LogP) is 8.52. The van der Waals surface area contributed by atoms with E-state index in [9.17, 15) is 5.26 Å². The van der Waals surface area contributed by atoms with Crippen molar-refractivity contribution in [1.82, 2.24) is 0 Å². The minimum absolute atomic E-state index is 0.0133. The van der Waals surface area contributed by atoms with Crippen LogP contribution in [0.15, 0.2) is 71.3 Å². The lowest BCUT2D eigenvalue weighted by Crippen LogP contribution is -2.42. The van der Waals surface area contributed by atoms with Crippen LogP contribution in [0.1, 0.15) is 63.8 Å². The quantitative estimate of drug-likeness (QED) is 0.228. The van der Waals surface area contributed by atoms with Crippen LogP contribution in [0.25, 0.3) is 44.3 Å². The zero-order valence-corrected chi connectivity index (χ0v) is 23.7. The minimum Gasteiger partial charge on any atom is -0.454 e. The van der Waals surface area contributed by atoms with Crippen LogP contribution in [0.2, 0.25) is 0 Å². The highest BCUT2D eigenvalue weighted by molar-refractivity contribution is 6.14. The molecule has 0 unspecified atom stereocenters. The van der Waals surface area contributed by atoms with Gasteiger partial charge in [0.1, 0.15) is 18.2 Å². The number of hydrogen-bond donors (Lipinski definition) is 0. The first-order valence-corrected chi connectivity index (χ1v) is 13.4. The number of pyridine rings is 1. The van der Waals surface area contributed by atoms with Crippen molar-refractivity contribution in [2.75, 3.05) is 0 Å². The van der Waals surface area contributed by atoms with E-state index in [2.05, 4.69) is 121 Å². The summed E-state index contributed by atoms with van der Waals surface area (Å²) in [6.07, 6.45) is 2.06. The highest BCUT2D eigenvalue weighted by Crippen LogP contribution is 2.63. The van der Waals surface area contributed by atoms with E-state index in [1.165, 1.54) is 11.1 Å². The Balaban J connectivity index is 1.76. The summed E-state index contributed by atoms with van der Waals surface area (Å²) in [7, 11) is 2.06. The van der Waals surface area contributed by atoms with Gasteiger partial charge in [-0.15, -0.1) is 0 Å². The highest BCUT2D eigenvalue weighted by Gasteiger charge is 2.57. The number of aryl methyl sites for hydroxylation is 2. The molecule has 2 aromatic heterocycles. The van der Waals surface area contributed by atoms with Crippen LogP contribution in [-0.4, -0.2) is 0 Å². The molecular formula is C35H35N2O+. The van der Waals surface area contributed by atoms with Gasteiger partial charge in [0.05, 0.1) is 17.2 Å². The molecule has 1 aliphatic rings. The van der Waals surface area contributed by atoms with Gasteiger partial charge in [-0.05, 0) is 63.6 Å². The first-order chi connectivity index (χ1) is 17.9. The van der Waals surface area contributed by atoms with Gasteiger partial charge in [-0.25, -0.2) is 4.57 Å². The molecule has 2 heterocycles. The first kappa shape index (κ1) is 24.4. The van der Waals surface area contributed by atoms with Crippen molar-refractivity contribution >= 4 is 21.9 Å². The number of fused-ring (bicyclic) bond motifs is 4. The van der Waals surface area contributed by atoms with E-state index in [1.54, 1.807) is 0 Å². The number of nitriles is 1. The summed E-state index contributed by atoms with van der Waals surface area (Å²) >= 11 is 0. The van der Waals surface area contributed by atoms with E-state index < -0.39 is 0 Å². The van der Waals surface area contributed by atoms with Crippen LogP contribution in [0.5, 0.6) is 0 Å². The summed E-state index contributed by atoms with van der Waals surface area (Å²) < 4.78 is 9.00. The Morgan fingerprint density at radius 2 is 1.45 bits per heavy atom. The molecule has 0 amide bonds. The third-order valence-electron chi connectivity index (χ3n) is 10.2. The van der Waals surface area contributed by atoms with Crippen molar-refractivity contribution in [2.24, 2.45) is 12.5 Å². The van der Waals surface area contributed by atoms with Crippen molar-refractivity contribution in [1.29, 1.82) is 5.26 Å². The van der Waals surface area contributed by atoms with Gasteiger partial charge in [0, 0.05) is 28.5 Å². The summed E-state index contributed by atoms with van der Waals surface area (Å²) in [6.45, 7) is 16.3. The van der Waals surface area contributed by atoms with E-state index in [1.807, 2.05) is 12.1 Å². The lowest BCUT2D eigenvalue weighted by molar-refractivity contribution is -0.660. The fraction of sp³-hybridized carbons (Fsp3) is 0.314. The normalized spacial score (nSPS) is 17.0. The lowest BCUT2D eigenvalue weighted by atomic mass is 9.59. The molecule has 3 aromatic carbocycles. The van der Waals surface area contributed by atoms with Crippen LogP contribution < -0.4 is 4.57 Å². The second kappa shape index (κ2) is 7.81. The molecule has 0 spiro atoms. The molecule has 0 N–H and O–H groups in total. The van der Waals surface area contributed by atoms with E-state index >= 15 is 0 Å². The second-order valence-electron chi connectivity index (χ2n) is 12.5. The van der Waals surface area contributed by atoms with Gasteiger partial charge in [-0.1, -0.05) is 71.9 Å². The van der Waals surface area contributed by atoms with Gasteiger partial charge in [0.15, 0.2) is 6.20 Å².